The van der Waals surface area contributed by atoms with Crippen molar-refractivity contribution in [2.75, 3.05) is 26.8 Å². The molecule has 1 N–H and O–H groups in total. The molecule has 0 aromatic heterocycles. The van der Waals surface area contributed by atoms with Crippen molar-refractivity contribution in [3.8, 4) is 0 Å². The lowest BCUT2D eigenvalue weighted by molar-refractivity contribution is 0.185. The van der Waals surface area contributed by atoms with Crippen LogP contribution in [0.5, 0.6) is 0 Å². The predicted molar refractivity (Wildman–Crippen MR) is 58.0 cm³/mol. The van der Waals surface area contributed by atoms with Gasteiger partial charge in [-0.25, -0.2) is 0 Å². The molecule has 0 aliphatic carbocycles. The normalized spacial score (nSPS) is 14.5. The van der Waals surface area contributed by atoms with Gasteiger partial charge in [0.25, 0.3) is 0 Å². The van der Waals surface area contributed by atoms with Crippen molar-refractivity contribution in [3.05, 3.63) is 0 Å². The first-order chi connectivity index (χ1) is 6.02. The van der Waals surface area contributed by atoms with Crippen LogP contribution >= 0.6 is 0 Å². The number of rotatable bonds is 6. The quantitative estimate of drug-likeness (QED) is 0.644. The van der Waals surface area contributed by atoms with Crippen LogP contribution in [0.15, 0.2) is 0 Å². The standard InChI is InChI=1S/C11H25NO/c1-6-10(11(2,3)4)9-12-7-8-13-5/h10,12H,6-9H2,1-5H3. The lowest BCUT2D eigenvalue weighted by Gasteiger charge is -2.30. The molecule has 0 aliphatic heterocycles. The minimum atomic E-state index is 0.412. The van der Waals surface area contributed by atoms with Crippen molar-refractivity contribution >= 4 is 0 Å². The van der Waals surface area contributed by atoms with Crippen molar-refractivity contribution < 1.29 is 4.74 Å². The van der Waals surface area contributed by atoms with Gasteiger partial charge in [0.1, 0.15) is 0 Å². The van der Waals surface area contributed by atoms with Gasteiger partial charge in [-0.2, -0.15) is 0 Å². The first kappa shape index (κ1) is 12.9. The monoisotopic (exact) mass is 187 g/mol. The third kappa shape index (κ3) is 6.05. The van der Waals surface area contributed by atoms with E-state index in [-0.39, 0.29) is 0 Å². The molecule has 80 valence electrons. The Kier molecular flexibility index (Phi) is 6.35. The molecular formula is C11H25NO. The maximum absolute atomic E-state index is 4.98. The van der Waals surface area contributed by atoms with Crippen LogP contribution in [0, 0.1) is 11.3 Å². The molecule has 0 saturated carbocycles. The Morgan fingerprint density at radius 2 is 1.92 bits per heavy atom. The average Bonchev–Trinajstić information content (AvgIpc) is 2.02. The third-order valence-electron chi connectivity index (χ3n) is 2.59. The topological polar surface area (TPSA) is 21.3 Å². The molecule has 0 aromatic carbocycles. The molecule has 0 heterocycles. The molecule has 0 spiro atoms. The fourth-order valence-corrected chi connectivity index (χ4v) is 1.51. The summed E-state index contributed by atoms with van der Waals surface area (Å²) < 4.78 is 4.98. The molecule has 0 radical (unpaired) electrons. The van der Waals surface area contributed by atoms with E-state index < -0.39 is 0 Å². The van der Waals surface area contributed by atoms with Gasteiger partial charge in [0, 0.05) is 13.7 Å². The molecule has 0 amide bonds. The van der Waals surface area contributed by atoms with Gasteiger partial charge in [0.05, 0.1) is 6.61 Å². The molecule has 0 aliphatic rings. The SMILES string of the molecule is CCC(CNCCOC)C(C)(C)C. The fourth-order valence-electron chi connectivity index (χ4n) is 1.51. The van der Waals surface area contributed by atoms with Crippen LogP contribution in [0.1, 0.15) is 34.1 Å². The van der Waals surface area contributed by atoms with Gasteiger partial charge in [0.15, 0.2) is 0 Å². The number of methoxy groups -OCH3 is 1. The minimum absolute atomic E-state index is 0.412. The Bertz CT molecular complexity index is 118. The summed E-state index contributed by atoms with van der Waals surface area (Å²) in [5.74, 6) is 0.754. The zero-order valence-corrected chi connectivity index (χ0v) is 9.81. The van der Waals surface area contributed by atoms with Gasteiger partial charge in [-0.05, 0) is 17.9 Å². The number of nitrogens with one attached hydrogen (secondary N) is 1. The summed E-state index contributed by atoms with van der Waals surface area (Å²) in [5, 5.41) is 3.42. The van der Waals surface area contributed by atoms with Crippen LogP contribution in [0.25, 0.3) is 0 Å². The lowest BCUT2D eigenvalue weighted by Crippen LogP contribution is -2.32. The van der Waals surface area contributed by atoms with E-state index in [1.54, 1.807) is 7.11 Å². The second-order valence-electron chi connectivity index (χ2n) is 4.67. The summed E-state index contributed by atoms with van der Waals surface area (Å²) in [6.07, 6.45) is 1.24. The molecule has 1 unspecified atom stereocenters. The lowest BCUT2D eigenvalue weighted by atomic mass is 9.79. The number of hydrogen-bond donors (Lipinski definition) is 1. The van der Waals surface area contributed by atoms with Crippen molar-refractivity contribution in [3.63, 3.8) is 0 Å². The van der Waals surface area contributed by atoms with Crippen molar-refractivity contribution in [2.24, 2.45) is 11.3 Å². The predicted octanol–water partition coefficient (Wildman–Crippen LogP) is 2.29. The van der Waals surface area contributed by atoms with Gasteiger partial charge in [-0.3, -0.25) is 0 Å². The van der Waals surface area contributed by atoms with Crippen LogP contribution in [0.4, 0.5) is 0 Å². The van der Waals surface area contributed by atoms with Crippen molar-refractivity contribution in [1.82, 2.24) is 5.32 Å². The molecule has 2 heteroatoms. The first-order valence-corrected chi connectivity index (χ1v) is 5.22. The van der Waals surface area contributed by atoms with Gasteiger partial charge in [-0.15, -0.1) is 0 Å². The third-order valence-corrected chi connectivity index (χ3v) is 2.59. The van der Waals surface area contributed by atoms with Gasteiger partial charge < -0.3 is 10.1 Å². The Hall–Kier alpha value is -0.0800. The van der Waals surface area contributed by atoms with E-state index in [1.807, 2.05) is 0 Å². The number of hydrogen-bond acceptors (Lipinski definition) is 2. The van der Waals surface area contributed by atoms with E-state index in [0.29, 0.717) is 5.41 Å². The second kappa shape index (κ2) is 6.39. The smallest absolute Gasteiger partial charge is 0.0587 e. The van der Waals surface area contributed by atoms with Crippen LogP contribution < -0.4 is 5.32 Å². The fraction of sp³-hybridized carbons (Fsp3) is 1.00. The molecule has 0 bridgehead atoms. The van der Waals surface area contributed by atoms with Crippen molar-refractivity contribution in [1.29, 1.82) is 0 Å². The molecule has 1 atom stereocenters. The maximum Gasteiger partial charge on any atom is 0.0587 e. The Morgan fingerprint density at radius 3 is 2.31 bits per heavy atom. The summed E-state index contributed by atoms with van der Waals surface area (Å²) in [6.45, 7) is 12.0. The van der Waals surface area contributed by atoms with E-state index in [0.717, 1.165) is 25.6 Å². The zero-order valence-electron chi connectivity index (χ0n) is 9.81. The Morgan fingerprint density at radius 1 is 1.31 bits per heavy atom. The van der Waals surface area contributed by atoms with Gasteiger partial charge in [0.2, 0.25) is 0 Å². The summed E-state index contributed by atoms with van der Waals surface area (Å²) in [6, 6.07) is 0. The minimum Gasteiger partial charge on any atom is -0.383 e. The maximum atomic E-state index is 4.98. The average molecular weight is 187 g/mol. The second-order valence-corrected chi connectivity index (χ2v) is 4.67. The Balaban J connectivity index is 3.61. The van der Waals surface area contributed by atoms with E-state index in [9.17, 15) is 0 Å². The molecule has 0 aromatic rings. The first-order valence-electron chi connectivity index (χ1n) is 5.22. The van der Waals surface area contributed by atoms with Crippen molar-refractivity contribution in [2.45, 2.75) is 34.1 Å². The molecule has 2 nitrogen and oxygen atoms in total. The summed E-state index contributed by atoms with van der Waals surface area (Å²) in [7, 11) is 1.74. The molecule has 0 fully saturated rings. The highest BCUT2D eigenvalue weighted by atomic mass is 16.5. The highest BCUT2D eigenvalue weighted by Gasteiger charge is 2.21. The highest BCUT2D eigenvalue weighted by molar-refractivity contribution is 4.74. The highest BCUT2D eigenvalue weighted by Crippen LogP contribution is 2.27. The van der Waals surface area contributed by atoms with Crippen LogP contribution in [0.2, 0.25) is 0 Å². The zero-order chi connectivity index (χ0) is 10.3. The molecule has 0 rings (SSSR count). The van der Waals surface area contributed by atoms with E-state index >= 15 is 0 Å². The summed E-state index contributed by atoms with van der Waals surface area (Å²) >= 11 is 0. The van der Waals surface area contributed by atoms with Crippen LogP contribution in [-0.2, 0) is 4.74 Å². The van der Waals surface area contributed by atoms with E-state index in [2.05, 4.69) is 33.0 Å². The van der Waals surface area contributed by atoms with Gasteiger partial charge in [-0.1, -0.05) is 34.1 Å². The summed E-state index contributed by atoms with van der Waals surface area (Å²) in [4.78, 5) is 0. The van der Waals surface area contributed by atoms with E-state index in [1.165, 1.54) is 6.42 Å². The largest absolute Gasteiger partial charge is 0.383 e. The molecular weight excluding hydrogens is 162 g/mol. The molecule has 0 saturated heterocycles. The number of ether oxygens (including phenoxy) is 1. The Labute approximate surface area is 83.1 Å². The van der Waals surface area contributed by atoms with Crippen LogP contribution in [0.3, 0.4) is 0 Å². The van der Waals surface area contributed by atoms with Gasteiger partial charge >= 0.3 is 0 Å². The summed E-state index contributed by atoms with van der Waals surface area (Å²) in [5.41, 5.74) is 0.412. The molecule has 13 heavy (non-hydrogen) atoms. The van der Waals surface area contributed by atoms with E-state index in [4.69, 9.17) is 4.74 Å². The van der Waals surface area contributed by atoms with Crippen LogP contribution in [-0.4, -0.2) is 26.8 Å².